The van der Waals surface area contributed by atoms with Crippen LogP contribution in [-0.4, -0.2) is 23.1 Å². The summed E-state index contributed by atoms with van der Waals surface area (Å²) < 4.78 is 0. The second kappa shape index (κ2) is 5.64. The number of aliphatic imine (C=N–C) groups is 1. The summed E-state index contributed by atoms with van der Waals surface area (Å²) >= 11 is 0. The predicted molar refractivity (Wildman–Crippen MR) is 95.6 cm³/mol. The van der Waals surface area contributed by atoms with Crippen molar-refractivity contribution in [1.29, 1.82) is 0 Å². The monoisotopic (exact) mass is 311 g/mol. The van der Waals surface area contributed by atoms with Crippen molar-refractivity contribution in [2.75, 3.05) is 11.4 Å². The molecule has 2 aromatic carbocycles. The highest BCUT2D eigenvalue weighted by Crippen LogP contribution is 2.30. The highest BCUT2D eigenvalue weighted by atomic mass is 16.2. The van der Waals surface area contributed by atoms with Gasteiger partial charge in [-0.15, -0.1) is 6.42 Å². The van der Waals surface area contributed by atoms with Gasteiger partial charge in [0.2, 0.25) is 0 Å². The van der Waals surface area contributed by atoms with Gasteiger partial charge in [0.25, 0.3) is 5.91 Å². The molecule has 0 atom stereocenters. The van der Waals surface area contributed by atoms with Gasteiger partial charge in [0.1, 0.15) is 5.71 Å². The lowest BCUT2D eigenvalue weighted by atomic mass is 10.1. The second-order valence-electron chi connectivity index (χ2n) is 5.46. The molecule has 0 saturated carbocycles. The topological polar surface area (TPSA) is 45.6 Å². The molecule has 1 aliphatic heterocycles. The van der Waals surface area contributed by atoms with Crippen molar-refractivity contribution in [2.24, 2.45) is 4.99 Å². The molecule has 0 fully saturated rings. The lowest BCUT2D eigenvalue weighted by Crippen LogP contribution is -2.30. The first-order valence-corrected chi connectivity index (χ1v) is 7.56. The Kier molecular flexibility index (Phi) is 3.33. The molecule has 0 aliphatic carbocycles. The molecule has 0 N–H and O–H groups in total. The first kappa shape index (κ1) is 14.2. The fourth-order valence-electron chi connectivity index (χ4n) is 2.87. The first-order chi connectivity index (χ1) is 11.8. The maximum absolute atomic E-state index is 12.7. The normalized spacial score (nSPS) is 14.9. The summed E-state index contributed by atoms with van der Waals surface area (Å²) in [5.41, 5.74) is 3.54. The van der Waals surface area contributed by atoms with Gasteiger partial charge >= 0.3 is 0 Å². The zero-order chi connectivity index (χ0) is 16.5. The fraction of sp³-hybridized carbons (Fsp3) is 0.0500. The van der Waals surface area contributed by atoms with Crippen molar-refractivity contribution in [3.8, 4) is 12.3 Å². The summed E-state index contributed by atoms with van der Waals surface area (Å²) in [5, 5.41) is 0.985. The number of para-hydroxylation sites is 2. The van der Waals surface area contributed by atoms with Crippen molar-refractivity contribution in [1.82, 2.24) is 4.98 Å². The lowest BCUT2D eigenvalue weighted by molar-refractivity contribution is -0.112. The molecule has 1 aromatic heterocycles. The van der Waals surface area contributed by atoms with Gasteiger partial charge in [0, 0.05) is 10.9 Å². The van der Waals surface area contributed by atoms with E-state index in [1.54, 1.807) is 11.1 Å². The number of carbonyl (C=O) groups is 1. The zero-order valence-corrected chi connectivity index (χ0v) is 12.8. The van der Waals surface area contributed by atoms with E-state index in [0.717, 1.165) is 22.2 Å². The first-order valence-electron chi connectivity index (χ1n) is 7.56. The molecule has 0 bridgehead atoms. The number of anilines is 1. The average Bonchev–Trinajstić information content (AvgIpc) is 2.88. The molecule has 4 rings (SSSR count). The van der Waals surface area contributed by atoms with Crippen LogP contribution in [0.25, 0.3) is 10.9 Å². The third kappa shape index (κ3) is 2.24. The average molecular weight is 311 g/mol. The molecule has 24 heavy (non-hydrogen) atoms. The van der Waals surface area contributed by atoms with Gasteiger partial charge in [0.15, 0.2) is 0 Å². The summed E-state index contributed by atoms with van der Waals surface area (Å²) in [6.07, 6.45) is 7.07. The second-order valence-corrected chi connectivity index (χ2v) is 5.46. The quantitative estimate of drug-likeness (QED) is 0.681. The Balaban J connectivity index is 1.84. The standard InChI is InChI=1S/C20H13N3O/c1-2-11-23-18-10-6-4-8-16(18)19(20(23)24)22-15-12-14-7-3-5-9-17(14)21-13-15/h1,3-10,12-13H,11H2. The van der Waals surface area contributed by atoms with Gasteiger partial charge in [-0.05, 0) is 18.2 Å². The van der Waals surface area contributed by atoms with Gasteiger partial charge in [-0.2, -0.15) is 0 Å². The summed E-state index contributed by atoms with van der Waals surface area (Å²) in [6.45, 7) is 0.227. The third-order valence-electron chi connectivity index (χ3n) is 3.96. The molecule has 2 heterocycles. The molecule has 0 unspecified atom stereocenters. The van der Waals surface area contributed by atoms with Crippen LogP contribution >= 0.6 is 0 Å². The van der Waals surface area contributed by atoms with Gasteiger partial charge < -0.3 is 0 Å². The third-order valence-corrected chi connectivity index (χ3v) is 3.96. The van der Waals surface area contributed by atoms with E-state index in [0.29, 0.717) is 11.4 Å². The van der Waals surface area contributed by atoms with E-state index < -0.39 is 0 Å². The van der Waals surface area contributed by atoms with E-state index in [-0.39, 0.29) is 12.5 Å². The van der Waals surface area contributed by atoms with Crippen LogP contribution in [0.2, 0.25) is 0 Å². The molecule has 0 radical (unpaired) electrons. The molecule has 1 amide bonds. The van der Waals surface area contributed by atoms with E-state index in [9.17, 15) is 4.79 Å². The summed E-state index contributed by atoms with van der Waals surface area (Å²) in [4.78, 5) is 23.2. The Morgan fingerprint density at radius 3 is 2.79 bits per heavy atom. The number of aromatic nitrogens is 1. The Bertz CT molecular complexity index is 1030. The maximum Gasteiger partial charge on any atom is 0.278 e. The minimum Gasteiger partial charge on any atom is -0.295 e. The molecule has 1 aliphatic rings. The smallest absolute Gasteiger partial charge is 0.278 e. The maximum atomic E-state index is 12.7. The van der Waals surface area contributed by atoms with Gasteiger partial charge in [-0.1, -0.05) is 42.3 Å². The van der Waals surface area contributed by atoms with Crippen LogP contribution in [-0.2, 0) is 4.79 Å². The SMILES string of the molecule is C#CCN1C(=O)C(=Nc2cnc3ccccc3c2)c2ccccc21. The Morgan fingerprint density at radius 1 is 1.12 bits per heavy atom. The van der Waals surface area contributed by atoms with Crippen molar-refractivity contribution in [3.05, 3.63) is 66.4 Å². The molecule has 0 spiro atoms. The number of rotatable bonds is 2. The largest absolute Gasteiger partial charge is 0.295 e. The number of hydrogen-bond donors (Lipinski definition) is 0. The fourth-order valence-corrected chi connectivity index (χ4v) is 2.87. The van der Waals surface area contributed by atoms with E-state index in [1.807, 2.05) is 54.6 Å². The van der Waals surface area contributed by atoms with E-state index in [1.165, 1.54) is 0 Å². The van der Waals surface area contributed by atoms with Crippen LogP contribution in [0.15, 0.2) is 65.8 Å². The Labute approximate surface area is 139 Å². The van der Waals surface area contributed by atoms with Gasteiger partial charge in [-0.3, -0.25) is 14.7 Å². The number of benzene rings is 2. The lowest BCUT2D eigenvalue weighted by Gasteiger charge is -2.12. The minimum absolute atomic E-state index is 0.178. The van der Waals surface area contributed by atoms with Gasteiger partial charge in [-0.25, -0.2) is 4.99 Å². The summed E-state index contributed by atoms with van der Waals surface area (Å²) in [6, 6.07) is 17.3. The highest BCUT2D eigenvalue weighted by Gasteiger charge is 2.33. The molecule has 114 valence electrons. The minimum atomic E-state index is -0.178. The number of fused-ring (bicyclic) bond motifs is 2. The summed E-state index contributed by atoms with van der Waals surface area (Å²) in [5.74, 6) is 2.35. The molecular weight excluding hydrogens is 298 g/mol. The molecule has 4 heteroatoms. The Morgan fingerprint density at radius 2 is 1.92 bits per heavy atom. The van der Waals surface area contributed by atoms with Crippen molar-refractivity contribution in [2.45, 2.75) is 0 Å². The number of pyridine rings is 1. The molecule has 0 saturated heterocycles. The number of terminal acetylenes is 1. The number of nitrogens with zero attached hydrogens (tertiary/aromatic N) is 3. The highest BCUT2D eigenvalue weighted by molar-refractivity contribution is 6.54. The van der Waals surface area contributed by atoms with Gasteiger partial charge in [0.05, 0.1) is 29.6 Å². The predicted octanol–water partition coefficient (Wildman–Crippen LogP) is 3.34. The van der Waals surface area contributed by atoms with Crippen molar-refractivity contribution in [3.63, 3.8) is 0 Å². The number of hydrogen-bond acceptors (Lipinski definition) is 3. The van der Waals surface area contributed by atoms with Crippen LogP contribution in [0.4, 0.5) is 11.4 Å². The van der Waals surface area contributed by atoms with Crippen LogP contribution in [0.5, 0.6) is 0 Å². The zero-order valence-electron chi connectivity index (χ0n) is 12.8. The van der Waals surface area contributed by atoms with Crippen molar-refractivity contribution >= 4 is 33.9 Å². The summed E-state index contributed by atoms with van der Waals surface area (Å²) in [7, 11) is 0. The Hall–Kier alpha value is -3.45. The molecule has 4 nitrogen and oxygen atoms in total. The van der Waals surface area contributed by atoms with Crippen LogP contribution in [0, 0.1) is 12.3 Å². The number of carbonyl (C=O) groups excluding carboxylic acids is 1. The van der Waals surface area contributed by atoms with Crippen LogP contribution in [0.3, 0.4) is 0 Å². The van der Waals surface area contributed by atoms with E-state index in [2.05, 4.69) is 15.9 Å². The molecular formula is C20H13N3O. The van der Waals surface area contributed by atoms with E-state index >= 15 is 0 Å². The molecule has 3 aromatic rings. The van der Waals surface area contributed by atoms with Crippen LogP contribution < -0.4 is 4.90 Å². The van der Waals surface area contributed by atoms with Crippen molar-refractivity contribution < 1.29 is 4.79 Å². The number of amides is 1. The van der Waals surface area contributed by atoms with E-state index in [4.69, 9.17) is 6.42 Å². The van der Waals surface area contributed by atoms with Crippen LogP contribution in [0.1, 0.15) is 5.56 Å².